The highest BCUT2D eigenvalue weighted by molar-refractivity contribution is 8.09. The van der Waals surface area contributed by atoms with Gasteiger partial charge in [0.15, 0.2) is 28.9 Å². The van der Waals surface area contributed by atoms with Crippen molar-refractivity contribution in [3.63, 3.8) is 0 Å². The highest BCUT2D eigenvalue weighted by Gasteiger charge is 2.56. The van der Waals surface area contributed by atoms with Gasteiger partial charge in [-0.15, -0.1) is 0 Å². The molecule has 44 heavy (non-hydrogen) atoms. The van der Waals surface area contributed by atoms with Gasteiger partial charge in [0, 0.05) is 12.4 Å². The smallest absolute Gasteiger partial charge is 0.323 e. The number of hydrogen-bond acceptors (Lipinski definition) is 11. The number of benzene rings is 2. The molecule has 3 heterocycles. The summed E-state index contributed by atoms with van der Waals surface area (Å²) in [6.45, 7) is 4.14. The van der Waals surface area contributed by atoms with Crippen molar-refractivity contribution in [3.8, 4) is 5.75 Å². The molecule has 1 unspecified atom stereocenters. The third kappa shape index (κ3) is 6.42. The minimum absolute atomic E-state index is 0.341. The Morgan fingerprint density at radius 1 is 1.23 bits per heavy atom. The van der Waals surface area contributed by atoms with Gasteiger partial charge in [0.05, 0.1) is 19.0 Å². The number of rotatable bonds is 11. The van der Waals surface area contributed by atoms with E-state index >= 15 is 4.39 Å². The third-order valence-corrected chi connectivity index (χ3v) is 9.66. The second-order valence-electron chi connectivity index (χ2n) is 11.0. The van der Waals surface area contributed by atoms with Gasteiger partial charge in [-0.2, -0.15) is 0 Å². The average Bonchev–Trinajstić information content (AvgIpc) is 3.48. The lowest BCUT2D eigenvalue weighted by atomic mass is 9.98. The molecule has 12 nitrogen and oxygen atoms in total. The summed E-state index contributed by atoms with van der Waals surface area (Å²) in [7, 11) is 1.70. The van der Waals surface area contributed by atoms with Gasteiger partial charge >= 0.3 is 12.6 Å². The van der Waals surface area contributed by atoms with E-state index < -0.39 is 42.8 Å². The summed E-state index contributed by atoms with van der Waals surface area (Å²) < 4.78 is 41.5. The molecule has 0 radical (unpaired) electrons. The molecular formula is C29H36FN6O6PS. The first-order valence-electron chi connectivity index (χ1n) is 14.1. The summed E-state index contributed by atoms with van der Waals surface area (Å²) >= 11 is 5.88. The Morgan fingerprint density at radius 2 is 1.95 bits per heavy atom. The molecule has 2 aromatic carbocycles. The number of aliphatic hydroxyl groups is 1. The number of aromatic nitrogens is 4. The predicted molar refractivity (Wildman–Crippen MR) is 168 cm³/mol. The molecule has 0 bridgehead atoms. The van der Waals surface area contributed by atoms with Gasteiger partial charge in [0.1, 0.15) is 29.8 Å². The monoisotopic (exact) mass is 646 g/mol. The summed E-state index contributed by atoms with van der Waals surface area (Å²) in [5.41, 5.74) is -1.49. The molecule has 5 rings (SSSR count). The van der Waals surface area contributed by atoms with E-state index in [1.54, 1.807) is 40.8 Å². The maximum Gasteiger partial charge on any atom is 0.323 e. The number of fused-ring (bicyclic) bond motifs is 2. The minimum atomic E-state index is -3.54. The molecule has 1 fully saturated rings. The number of hydrogen-bond donors (Lipinski definition) is 3. The van der Waals surface area contributed by atoms with Gasteiger partial charge < -0.3 is 28.9 Å². The maximum atomic E-state index is 16.2. The Hall–Kier alpha value is -3.26. The number of carbonyl (C=O) groups excluding carboxylic acids is 1. The standard InChI is InChI=1S/C29H36FN6O6PS/c1-16(2)40-27(38)17(3)35-43(44,42-21-13-9-11-19-10-7-8-12-20(19)21)39-14-22-24(37)29(5,30)28(41-22)36-15-32-23-25(31-6)33-18(4)34-26(23)36/h7-13,15-17,22,24,28,37H,14H2,1-6H3,(H,35,44)(H,31,33,34)/t17-,22-,24-,28-,29-,43?/m1/s1. The zero-order chi connectivity index (χ0) is 31.8. The van der Waals surface area contributed by atoms with Crippen LogP contribution in [0, 0.1) is 6.92 Å². The average molecular weight is 647 g/mol. The fraction of sp³-hybridized carbons (Fsp3) is 0.448. The van der Waals surface area contributed by atoms with E-state index in [4.69, 9.17) is 30.3 Å². The number of halogens is 1. The summed E-state index contributed by atoms with van der Waals surface area (Å²) in [6, 6.07) is 12.2. The van der Waals surface area contributed by atoms with Crippen molar-refractivity contribution in [3.05, 3.63) is 54.6 Å². The SMILES string of the molecule is CNc1nc(C)nc2c1ncn2[C@@H]1O[C@H](COP(=S)(N[C@H](C)C(=O)OC(C)C)Oc2cccc3ccccc23)[C@@H](O)[C@@]1(C)F. The van der Waals surface area contributed by atoms with E-state index in [0.29, 0.717) is 28.6 Å². The summed E-state index contributed by atoms with van der Waals surface area (Å²) in [4.78, 5) is 25.8. The van der Waals surface area contributed by atoms with Gasteiger partial charge in [0.25, 0.3) is 0 Å². The number of imidazole rings is 1. The quantitative estimate of drug-likeness (QED) is 0.155. The van der Waals surface area contributed by atoms with Crippen molar-refractivity contribution in [1.82, 2.24) is 24.6 Å². The lowest BCUT2D eigenvalue weighted by Crippen LogP contribution is -2.41. The fourth-order valence-electron chi connectivity index (χ4n) is 5.01. The Labute approximate surface area is 259 Å². The molecule has 1 aliphatic rings. The Bertz CT molecular complexity index is 1720. The molecule has 6 atom stereocenters. The number of aliphatic hydroxyl groups excluding tert-OH is 1. The summed E-state index contributed by atoms with van der Waals surface area (Å²) in [6.07, 6.45) is -3.00. The van der Waals surface area contributed by atoms with Crippen LogP contribution in [0.5, 0.6) is 5.75 Å². The van der Waals surface area contributed by atoms with Crippen LogP contribution in [0.15, 0.2) is 48.8 Å². The molecular weight excluding hydrogens is 610 g/mol. The number of nitrogens with zero attached hydrogens (tertiary/aromatic N) is 4. The number of nitrogens with one attached hydrogen (secondary N) is 2. The summed E-state index contributed by atoms with van der Waals surface area (Å²) in [5.74, 6) is 0.820. The van der Waals surface area contributed by atoms with Crippen LogP contribution in [-0.4, -0.2) is 74.3 Å². The van der Waals surface area contributed by atoms with Crippen molar-refractivity contribution in [2.24, 2.45) is 0 Å². The Kier molecular flexibility index (Phi) is 9.22. The van der Waals surface area contributed by atoms with Crippen LogP contribution in [0.3, 0.4) is 0 Å². The Morgan fingerprint density at radius 3 is 2.68 bits per heavy atom. The van der Waals surface area contributed by atoms with Crippen LogP contribution >= 0.6 is 6.64 Å². The first-order valence-corrected chi connectivity index (χ1v) is 16.8. The minimum Gasteiger partial charge on any atom is -0.462 e. The topological polar surface area (TPSA) is 142 Å². The van der Waals surface area contributed by atoms with Crippen LogP contribution < -0.4 is 14.9 Å². The highest BCUT2D eigenvalue weighted by atomic mass is 32.5. The summed E-state index contributed by atoms with van der Waals surface area (Å²) in [5, 5.41) is 18.7. The van der Waals surface area contributed by atoms with E-state index in [1.807, 2.05) is 36.4 Å². The molecule has 15 heteroatoms. The molecule has 2 aromatic heterocycles. The maximum absolute atomic E-state index is 16.2. The number of esters is 1. The van der Waals surface area contributed by atoms with E-state index in [2.05, 4.69) is 25.4 Å². The molecule has 1 aliphatic heterocycles. The lowest BCUT2D eigenvalue weighted by Gasteiger charge is -2.28. The van der Waals surface area contributed by atoms with Gasteiger partial charge in [-0.3, -0.25) is 9.36 Å². The van der Waals surface area contributed by atoms with Crippen molar-refractivity contribution in [2.75, 3.05) is 19.0 Å². The zero-order valence-corrected chi connectivity index (χ0v) is 26.9. The van der Waals surface area contributed by atoms with Crippen LogP contribution in [0.4, 0.5) is 10.2 Å². The molecule has 4 aromatic rings. The van der Waals surface area contributed by atoms with Gasteiger partial charge in [-0.1, -0.05) is 36.4 Å². The van der Waals surface area contributed by atoms with Crippen molar-refractivity contribution < 1.29 is 32.8 Å². The second kappa shape index (κ2) is 12.6. The van der Waals surface area contributed by atoms with Crippen molar-refractivity contribution in [2.45, 2.75) is 70.9 Å². The lowest BCUT2D eigenvalue weighted by molar-refractivity contribution is -0.149. The van der Waals surface area contributed by atoms with Crippen LogP contribution in [0.2, 0.25) is 0 Å². The van der Waals surface area contributed by atoms with E-state index in [-0.39, 0.29) is 12.7 Å². The van der Waals surface area contributed by atoms with Crippen LogP contribution in [0.1, 0.15) is 39.7 Å². The molecule has 3 N–H and O–H groups in total. The van der Waals surface area contributed by atoms with Gasteiger partial charge in [-0.25, -0.2) is 24.4 Å². The first-order chi connectivity index (χ1) is 20.8. The van der Waals surface area contributed by atoms with Crippen LogP contribution in [-0.2, 0) is 30.6 Å². The molecule has 0 aliphatic carbocycles. The molecule has 1 saturated heterocycles. The third-order valence-electron chi connectivity index (χ3n) is 7.17. The molecule has 0 saturated carbocycles. The normalized spacial score (nSPS) is 24.0. The van der Waals surface area contributed by atoms with E-state index in [1.165, 1.54) is 17.8 Å². The molecule has 0 spiro atoms. The fourth-order valence-corrected chi connectivity index (χ4v) is 7.43. The second-order valence-corrected chi connectivity index (χ2v) is 14.2. The molecule has 236 valence electrons. The van der Waals surface area contributed by atoms with E-state index in [0.717, 1.165) is 10.8 Å². The first kappa shape index (κ1) is 32.1. The van der Waals surface area contributed by atoms with Crippen molar-refractivity contribution >= 4 is 52.2 Å². The predicted octanol–water partition coefficient (Wildman–Crippen LogP) is 4.57. The number of aryl methyl sites for hydroxylation is 1. The van der Waals surface area contributed by atoms with Crippen molar-refractivity contribution in [1.29, 1.82) is 0 Å². The molecule has 0 amide bonds. The van der Waals surface area contributed by atoms with E-state index in [9.17, 15) is 9.90 Å². The Balaban J connectivity index is 1.42. The number of anilines is 1. The number of carbonyl (C=O) groups is 1. The van der Waals surface area contributed by atoms with Crippen LogP contribution in [0.25, 0.3) is 21.9 Å². The van der Waals surface area contributed by atoms with Gasteiger partial charge in [-0.05, 0) is 57.9 Å². The number of ether oxygens (including phenoxy) is 2. The number of alkyl halides is 1. The highest BCUT2D eigenvalue weighted by Crippen LogP contribution is 2.49. The van der Waals surface area contributed by atoms with Gasteiger partial charge in [0.2, 0.25) is 0 Å². The zero-order valence-electron chi connectivity index (χ0n) is 25.2. The largest absolute Gasteiger partial charge is 0.462 e.